The van der Waals surface area contributed by atoms with Crippen LogP contribution in [0.5, 0.6) is 0 Å². The normalized spacial score (nSPS) is 10.6. The summed E-state index contributed by atoms with van der Waals surface area (Å²) < 4.78 is 0. The quantitative estimate of drug-likeness (QED) is 0.797. The fourth-order valence-electron chi connectivity index (χ4n) is 2.10. The van der Waals surface area contributed by atoms with Gasteiger partial charge in [0.1, 0.15) is 5.82 Å². The topological polar surface area (TPSA) is 41.1 Å². The molecule has 1 N–H and O–H groups in total. The van der Waals surface area contributed by atoms with Gasteiger partial charge in [-0.25, -0.2) is 4.98 Å². The predicted octanol–water partition coefficient (Wildman–Crippen LogP) is 3.27. The number of nitrogens with one attached hydrogen (secondary N) is 1. The molecule has 0 aliphatic carbocycles. The maximum absolute atomic E-state index is 6.36. The van der Waals surface area contributed by atoms with Gasteiger partial charge >= 0.3 is 0 Å². The summed E-state index contributed by atoms with van der Waals surface area (Å²) in [7, 11) is 1.98. The van der Waals surface area contributed by atoms with Gasteiger partial charge in [-0.2, -0.15) is 0 Å². The molecule has 0 aliphatic heterocycles. The zero-order valence-corrected chi connectivity index (χ0v) is 13.3. The maximum atomic E-state index is 6.36. The molecule has 0 atom stereocenters. The van der Waals surface area contributed by atoms with Gasteiger partial charge in [-0.15, -0.1) is 0 Å². The van der Waals surface area contributed by atoms with E-state index in [1.54, 1.807) is 6.20 Å². The number of rotatable bonds is 7. The molecule has 2 heterocycles. The van der Waals surface area contributed by atoms with Crippen molar-refractivity contribution in [3.63, 3.8) is 0 Å². The number of anilines is 1. The Morgan fingerprint density at radius 2 is 2.14 bits per heavy atom. The molecule has 0 aliphatic rings. The molecule has 5 heteroatoms. The van der Waals surface area contributed by atoms with Gasteiger partial charge in [0.2, 0.25) is 0 Å². The lowest BCUT2D eigenvalue weighted by molar-refractivity contribution is 0.674. The van der Waals surface area contributed by atoms with E-state index in [1.165, 1.54) is 0 Å². The zero-order valence-electron chi connectivity index (χ0n) is 12.5. The molecule has 21 heavy (non-hydrogen) atoms. The number of hydrogen-bond donors (Lipinski definition) is 1. The average Bonchev–Trinajstić information content (AvgIpc) is 2.48. The van der Waals surface area contributed by atoms with Gasteiger partial charge in [0, 0.05) is 38.7 Å². The third-order valence-corrected chi connectivity index (χ3v) is 3.42. The van der Waals surface area contributed by atoms with E-state index < -0.39 is 0 Å². The van der Waals surface area contributed by atoms with Crippen LogP contribution in [0.4, 0.5) is 5.82 Å². The standard InChI is InChI=1S/C16H21ClN4/c1-3-6-18-10-14-8-15(17)16(20-11-14)21(2)12-13-5-4-7-19-9-13/h4-5,7-9,11,18H,3,6,10,12H2,1-2H3. The Bertz CT molecular complexity index is 559. The summed E-state index contributed by atoms with van der Waals surface area (Å²) in [6.45, 7) is 4.68. The lowest BCUT2D eigenvalue weighted by Crippen LogP contribution is -2.19. The van der Waals surface area contributed by atoms with E-state index in [4.69, 9.17) is 11.6 Å². The molecule has 2 aromatic rings. The van der Waals surface area contributed by atoms with E-state index in [0.29, 0.717) is 5.02 Å². The summed E-state index contributed by atoms with van der Waals surface area (Å²) in [5.41, 5.74) is 2.23. The first kappa shape index (κ1) is 15.7. The molecule has 0 bridgehead atoms. The molecule has 0 unspecified atom stereocenters. The van der Waals surface area contributed by atoms with E-state index in [1.807, 2.05) is 42.5 Å². The van der Waals surface area contributed by atoms with Gasteiger partial charge in [0.15, 0.2) is 0 Å². The highest BCUT2D eigenvalue weighted by Gasteiger charge is 2.09. The molecule has 2 aromatic heterocycles. The molecule has 0 spiro atoms. The van der Waals surface area contributed by atoms with E-state index in [9.17, 15) is 0 Å². The van der Waals surface area contributed by atoms with Crippen molar-refractivity contribution in [2.45, 2.75) is 26.4 Å². The van der Waals surface area contributed by atoms with Crippen LogP contribution in [0.1, 0.15) is 24.5 Å². The highest BCUT2D eigenvalue weighted by molar-refractivity contribution is 6.33. The number of hydrogen-bond acceptors (Lipinski definition) is 4. The van der Waals surface area contributed by atoms with Gasteiger partial charge in [-0.3, -0.25) is 4.98 Å². The van der Waals surface area contributed by atoms with Crippen molar-refractivity contribution in [3.8, 4) is 0 Å². The summed E-state index contributed by atoms with van der Waals surface area (Å²) in [5, 5.41) is 4.02. The average molecular weight is 305 g/mol. The predicted molar refractivity (Wildman–Crippen MR) is 87.6 cm³/mol. The molecule has 0 saturated carbocycles. The van der Waals surface area contributed by atoms with Crippen molar-refractivity contribution in [3.05, 3.63) is 52.9 Å². The summed E-state index contributed by atoms with van der Waals surface area (Å²) >= 11 is 6.36. The van der Waals surface area contributed by atoms with Crippen molar-refractivity contribution in [1.82, 2.24) is 15.3 Å². The smallest absolute Gasteiger partial charge is 0.147 e. The fourth-order valence-corrected chi connectivity index (χ4v) is 2.43. The highest BCUT2D eigenvalue weighted by atomic mass is 35.5. The summed E-state index contributed by atoms with van der Waals surface area (Å²) in [5.74, 6) is 0.791. The van der Waals surface area contributed by atoms with Crippen LogP contribution < -0.4 is 10.2 Å². The van der Waals surface area contributed by atoms with Crippen LogP contribution >= 0.6 is 11.6 Å². The van der Waals surface area contributed by atoms with Gasteiger partial charge in [-0.05, 0) is 36.2 Å². The Balaban J connectivity index is 2.02. The first-order chi connectivity index (χ1) is 10.2. The third kappa shape index (κ3) is 4.69. The highest BCUT2D eigenvalue weighted by Crippen LogP contribution is 2.24. The molecule has 0 fully saturated rings. The largest absolute Gasteiger partial charge is 0.354 e. The fraction of sp³-hybridized carbons (Fsp3) is 0.375. The van der Waals surface area contributed by atoms with Gasteiger partial charge in [0.05, 0.1) is 5.02 Å². The Labute approximate surface area is 131 Å². The van der Waals surface area contributed by atoms with Crippen molar-refractivity contribution in [2.24, 2.45) is 0 Å². The van der Waals surface area contributed by atoms with Crippen molar-refractivity contribution in [1.29, 1.82) is 0 Å². The monoisotopic (exact) mass is 304 g/mol. The lowest BCUT2D eigenvalue weighted by atomic mass is 10.2. The maximum Gasteiger partial charge on any atom is 0.147 e. The molecule has 0 amide bonds. The molecule has 0 radical (unpaired) electrons. The summed E-state index contributed by atoms with van der Waals surface area (Å²) in [6, 6.07) is 5.95. The molecule has 2 rings (SSSR count). The van der Waals surface area contributed by atoms with Crippen molar-refractivity contribution in [2.75, 3.05) is 18.5 Å². The summed E-state index contributed by atoms with van der Waals surface area (Å²) in [4.78, 5) is 10.6. The van der Waals surface area contributed by atoms with E-state index in [0.717, 1.165) is 43.0 Å². The molecule has 0 aromatic carbocycles. The molecule has 4 nitrogen and oxygen atoms in total. The lowest BCUT2D eigenvalue weighted by Gasteiger charge is -2.19. The van der Waals surface area contributed by atoms with Crippen LogP contribution in [0, 0.1) is 0 Å². The minimum Gasteiger partial charge on any atom is -0.354 e. The summed E-state index contributed by atoms with van der Waals surface area (Å²) in [6.07, 6.45) is 6.62. The van der Waals surface area contributed by atoms with Crippen molar-refractivity contribution >= 4 is 17.4 Å². The van der Waals surface area contributed by atoms with Crippen LogP contribution in [0.3, 0.4) is 0 Å². The van der Waals surface area contributed by atoms with Crippen LogP contribution in [0.25, 0.3) is 0 Å². The Morgan fingerprint density at radius 1 is 1.29 bits per heavy atom. The first-order valence-corrected chi connectivity index (χ1v) is 7.53. The van der Waals surface area contributed by atoms with Gasteiger partial charge in [-0.1, -0.05) is 24.6 Å². The van der Waals surface area contributed by atoms with Crippen LogP contribution in [0.15, 0.2) is 36.8 Å². The minimum atomic E-state index is 0.678. The number of aromatic nitrogens is 2. The zero-order chi connectivity index (χ0) is 15.1. The second-order valence-electron chi connectivity index (χ2n) is 5.04. The van der Waals surface area contributed by atoms with Gasteiger partial charge < -0.3 is 10.2 Å². The van der Waals surface area contributed by atoms with Crippen LogP contribution in [0.2, 0.25) is 5.02 Å². The van der Waals surface area contributed by atoms with Crippen LogP contribution in [-0.4, -0.2) is 23.6 Å². The number of halogens is 1. The Morgan fingerprint density at radius 3 is 2.81 bits per heavy atom. The third-order valence-electron chi connectivity index (χ3n) is 3.14. The molecular weight excluding hydrogens is 284 g/mol. The minimum absolute atomic E-state index is 0.678. The van der Waals surface area contributed by atoms with E-state index in [2.05, 4.69) is 22.2 Å². The van der Waals surface area contributed by atoms with E-state index in [-0.39, 0.29) is 0 Å². The molecule has 0 saturated heterocycles. The Hall–Kier alpha value is -1.65. The van der Waals surface area contributed by atoms with Gasteiger partial charge in [0.25, 0.3) is 0 Å². The number of nitrogens with zero attached hydrogens (tertiary/aromatic N) is 3. The first-order valence-electron chi connectivity index (χ1n) is 7.16. The second kappa shape index (κ2) is 7.96. The SMILES string of the molecule is CCCNCc1cnc(N(C)Cc2cccnc2)c(Cl)c1. The molecular formula is C16H21ClN4. The van der Waals surface area contributed by atoms with Crippen molar-refractivity contribution < 1.29 is 0 Å². The Kier molecular flexibility index (Phi) is 5.96. The van der Waals surface area contributed by atoms with E-state index >= 15 is 0 Å². The molecule has 112 valence electrons. The number of pyridine rings is 2. The van der Waals surface area contributed by atoms with Crippen LogP contribution in [-0.2, 0) is 13.1 Å². The second-order valence-corrected chi connectivity index (χ2v) is 5.45.